The van der Waals surface area contributed by atoms with Crippen LogP contribution in [0.4, 0.5) is 0 Å². The van der Waals surface area contributed by atoms with Crippen molar-refractivity contribution in [3.63, 3.8) is 0 Å². The van der Waals surface area contributed by atoms with Gasteiger partial charge in [-0.1, -0.05) is 38.1 Å². The third-order valence-corrected chi connectivity index (χ3v) is 3.41. The minimum absolute atomic E-state index is 0.115. The fourth-order valence-corrected chi connectivity index (χ4v) is 2.48. The zero-order chi connectivity index (χ0) is 13.9. The smallest absolute Gasteiger partial charge is 0.0714 e. The van der Waals surface area contributed by atoms with Gasteiger partial charge < -0.3 is 4.90 Å². The average molecular weight is 244 g/mol. The minimum Gasteiger partial charge on any atom is -0.301 e. The molecule has 0 fully saturated rings. The van der Waals surface area contributed by atoms with E-state index in [1.54, 1.807) is 0 Å². The summed E-state index contributed by atoms with van der Waals surface area (Å²) in [5.41, 5.74) is 2.14. The molecule has 0 heterocycles. The molecule has 0 bridgehead atoms. The van der Waals surface area contributed by atoms with Gasteiger partial charge in [0.25, 0.3) is 0 Å². The highest BCUT2D eigenvalue weighted by atomic mass is 15.1. The van der Waals surface area contributed by atoms with Crippen LogP contribution < -0.4 is 0 Å². The van der Waals surface area contributed by atoms with Crippen LogP contribution in [0.5, 0.6) is 0 Å². The Kier molecular flexibility index (Phi) is 4.53. The molecule has 0 saturated heterocycles. The Morgan fingerprint density at radius 1 is 1.06 bits per heavy atom. The average Bonchev–Trinajstić information content (AvgIpc) is 2.29. The van der Waals surface area contributed by atoms with Crippen molar-refractivity contribution >= 4 is 0 Å². The lowest BCUT2D eigenvalue weighted by Crippen LogP contribution is -2.32. The molecule has 1 rings (SSSR count). The van der Waals surface area contributed by atoms with Gasteiger partial charge in [-0.05, 0) is 45.0 Å². The van der Waals surface area contributed by atoms with Crippen LogP contribution in [-0.2, 0) is 0 Å². The van der Waals surface area contributed by atoms with E-state index in [2.05, 4.69) is 49.1 Å². The van der Waals surface area contributed by atoms with Crippen molar-refractivity contribution in [2.24, 2.45) is 5.41 Å². The van der Waals surface area contributed by atoms with E-state index < -0.39 is 5.41 Å². The van der Waals surface area contributed by atoms with Crippen LogP contribution >= 0.6 is 0 Å². The molecule has 0 aliphatic rings. The van der Waals surface area contributed by atoms with E-state index in [4.69, 9.17) is 0 Å². The molecular formula is C16H24N2. The number of hydrogen-bond acceptors (Lipinski definition) is 2. The Hall–Kier alpha value is -1.33. The predicted octanol–water partition coefficient (Wildman–Crippen LogP) is 3.96. The fraction of sp³-hybridized carbons (Fsp3) is 0.562. The van der Waals surface area contributed by atoms with Crippen LogP contribution in [0.25, 0.3) is 0 Å². The highest BCUT2D eigenvalue weighted by Gasteiger charge is 2.32. The summed E-state index contributed by atoms with van der Waals surface area (Å²) in [6, 6.07) is 11.2. The quantitative estimate of drug-likeness (QED) is 0.801. The van der Waals surface area contributed by atoms with Gasteiger partial charge in [-0.3, -0.25) is 0 Å². The van der Waals surface area contributed by atoms with Crippen molar-refractivity contribution in [1.29, 1.82) is 5.26 Å². The molecule has 98 valence electrons. The van der Waals surface area contributed by atoms with Crippen LogP contribution in [0.15, 0.2) is 24.3 Å². The second-order valence-corrected chi connectivity index (χ2v) is 6.02. The van der Waals surface area contributed by atoms with Crippen molar-refractivity contribution in [2.45, 2.75) is 39.7 Å². The molecule has 1 atom stereocenters. The Balaban J connectivity index is 3.13. The van der Waals surface area contributed by atoms with Gasteiger partial charge in [-0.2, -0.15) is 5.26 Å². The molecule has 0 aliphatic carbocycles. The first-order chi connectivity index (χ1) is 8.29. The molecule has 0 aromatic heterocycles. The second kappa shape index (κ2) is 5.54. The van der Waals surface area contributed by atoms with E-state index in [0.29, 0.717) is 5.92 Å². The van der Waals surface area contributed by atoms with Crippen LogP contribution in [0.3, 0.4) is 0 Å². The first kappa shape index (κ1) is 14.7. The Morgan fingerprint density at radius 3 is 1.83 bits per heavy atom. The molecule has 1 unspecified atom stereocenters. The molecule has 1 aromatic rings. The SMILES string of the molecule is CC(C)c1ccc(C(N(C)C)C(C)(C)C#N)cc1. The molecule has 0 radical (unpaired) electrons. The molecule has 0 aliphatic heterocycles. The molecule has 0 spiro atoms. The summed E-state index contributed by atoms with van der Waals surface area (Å²) in [6.45, 7) is 8.37. The van der Waals surface area contributed by atoms with E-state index in [1.165, 1.54) is 11.1 Å². The largest absolute Gasteiger partial charge is 0.301 e. The molecule has 2 nitrogen and oxygen atoms in total. The predicted molar refractivity (Wildman–Crippen MR) is 76.4 cm³/mol. The summed E-state index contributed by atoms with van der Waals surface area (Å²) < 4.78 is 0. The maximum absolute atomic E-state index is 9.34. The Morgan fingerprint density at radius 2 is 1.50 bits per heavy atom. The van der Waals surface area contributed by atoms with E-state index in [-0.39, 0.29) is 6.04 Å². The Labute approximate surface area is 111 Å². The first-order valence-electron chi connectivity index (χ1n) is 6.47. The zero-order valence-corrected chi connectivity index (χ0v) is 12.4. The van der Waals surface area contributed by atoms with Crippen molar-refractivity contribution in [2.75, 3.05) is 14.1 Å². The monoisotopic (exact) mass is 244 g/mol. The lowest BCUT2D eigenvalue weighted by atomic mass is 9.80. The van der Waals surface area contributed by atoms with Gasteiger partial charge in [0.2, 0.25) is 0 Å². The number of nitriles is 1. The van der Waals surface area contributed by atoms with Crippen LogP contribution in [-0.4, -0.2) is 19.0 Å². The van der Waals surface area contributed by atoms with E-state index in [1.807, 2.05) is 27.9 Å². The molecular weight excluding hydrogens is 220 g/mol. The number of rotatable bonds is 4. The van der Waals surface area contributed by atoms with Gasteiger partial charge in [-0.25, -0.2) is 0 Å². The summed E-state index contributed by atoms with van der Waals surface area (Å²) in [6.07, 6.45) is 0. The highest BCUT2D eigenvalue weighted by molar-refractivity contribution is 5.29. The summed E-state index contributed by atoms with van der Waals surface area (Å²) >= 11 is 0. The fourth-order valence-electron chi connectivity index (χ4n) is 2.48. The maximum Gasteiger partial charge on any atom is 0.0714 e. The van der Waals surface area contributed by atoms with Crippen molar-refractivity contribution in [1.82, 2.24) is 4.90 Å². The van der Waals surface area contributed by atoms with E-state index in [0.717, 1.165) is 0 Å². The third kappa shape index (κ3) is 3.11. The number of nitrogens with zero attached hydrogens (tertiary/aromatic N) is 2. The van der Waals surface area contributed by atoms with Crippen LogP contribution in [0, 0.1) is 16.7 Å². The third-order valence-electron chi connectivity index (χ3n) is 3.41. The van der Waals surface area contributed by atoms with Gasteiger partial charge in [0.1, 0.15) is 0 Å². The summed E-state index contributed by atoms with van der Waals surface area (Å²) in [5, 5.41) is 9.34. The number of benzene rings is 1. The normalized spacial score (nSPS) is 13.7. The molecule has 2 heteroatoms. The van der Waals surface area contributed by atoms with Crippen molar-refractivity contribution < 1.29 is 0 Å². The van der Waals surface area contributed by atoms with Crippen molar-refractivity contribution in [3.05, 3.63) is 35.4 Å². The minimum atomic E-state index is -0.400. The lowest BCUT2D eigenvalue weighted by Gasteiger charge is -2.34. The molecule has 0 N–H and O–H groups in total. The van der Waals surface area contributed by atoms with Crippen molar-refractivity contribution in [3.8, 4) is 6.07 Å². The van der Waals surface area contributed by atoms with E-state index >= 15 is 0 Å². The summed E-state index contributed by atoms with van der Waals surface area (Å²) in [7, 11) is 4.06. The molecule has 0 saturated carbocycles. The van der Waals surface area contributed by atoms with Crippen LogP contribution in [0.2, 0.25) is 0 Å². The zero-order valence-electron chi connectivity index (χ0n) is 12.4. The topological polar surface area (TPSA) is 27.0 Å². The molecule has 1 aromatic carbocycles. The molecule has 18 heavy (non-hydrogen) atoms. The van der Waals surface area contributed by atoms with Crippen LogP contribution in [0.1, 0.15) is 50.8 Å². The van der Waals surface area contributed by atoms with Gasteiger partial charge in [-0.15, -0.1) is 0 Å². The van der Waals surface area contributed by atoms with Gasteiger partial charge in [0, 0.05) is 0 Å². The summed E-state index contributed by atoms with van der Waals surface area (Å²) in [4.78, 5) is 2.12. The standard InChI is InChI=1S/C16H24N2/c1-12(2)13-7-9-14(10-8-13)15(18(5)6)16(3,4)11-17/h7-10,12,15H,1-6H3. The second-order valence-electron chi connectivity index (χ2n) is 6.02. The lowest BCUT2D eigenvalue weighted by molar-refractivity contribution is 0.185. The highest BCUT2D eigenvalue weighted by Crippen LogP contribution is 2.36. The molecule has 0 amide bonds. The number of hydrogen-bond donors (Lipinski definition) is 0. The maximum atomic E-state index is 9.34. The van der Waals surface area contributed by atoms with Gasteiger partial charge in [0.05, 0.1) is 17.5 Å². The first-order valence-corrected chi connectivity index (χ1v) is 6.47. The Bertz CT molecular complexity index is 421. The van der Waals surface area contributed by atoms with E-state index in [9.17, 15) is 5.26 Å². The summed E-state index contributed by atoms with van der Waals surface area (Å²) in [5.74, 6) is 0.542. The van der Waals surface area contributed by atoms with Gasteiger partial charge in [0.15, 0.2) is 0 Å². The van der Waals surface area contributed by atoms with Gasteiger partial charge >= 0.3 is 0 Å².